The van der Waals surface area contributed by atoms with Crippen molar-refractivity contribution in [1.29, 1.82) is 0 Å². The highest BCUT2D eigenvalue weighted by molar-refractivity contribution is 6.32. The second kappa shape index (κ2) is 6.69. The Hall–Kier alpha value is -1.22. The minimum absolute atomic E-state index is 0.0483. The smallest absolute Gasteiger partial charge is 0.263 e. The van der Waals surface area contributed by atoms with Gasteiger partial charge in [-0.2, -0.15) is 0 Å². The van der Waals surface area contributed by atoms with Crippen molar-refractivity contribution in [3.63, 3.8) is 0 Å². The van der Waals surface area contributed by atoms with Crippen LogP contribution in [0.25, 0.3) is 0 Å². The molecule has 1 amide bonds. The first kappa shape index (κ1) is 16.2. The maximum absolute atomic E-state index is 12.4. The van der Waals surface area contributed by atoms with Crippen LogP contribution in [-0.4, -0.2) is 30.0 Å². The lowest BCUT2D eigenvalue weighted by Gasteiger charge is -2.27. The molecule has 0 radical (unpaired) electrons. The van der Waals surface area contributed by atoms with E-state index in [-0.39, 0.29) is 5.91 Å². The normalized spacial score (nSPS) is 16.8. The first-order valence-electron chi connectivity index (χ1n) is 7.60. The Bertz CT molecular complexity index is 501. The molecule has 116 valence electrons. The van der Waals surface area contributed by atoms with Crippen molar-refractivity contribution in [2.75, 3.05) is 7.05 Å². The summed E-state index contributed by atoms with van der Waals surface area (Å²) in [7, 11) is 1.89. The van der Waals surface area contributed by atoms with Crippen molar-refractivity contribution in [1.82, 2.24) is 4.90 Å². The standard InChI is InChI=1S/C17H24ClNO2/c1-11-9-15(10-12(2)16(11)18)21-13(3)17(20)19(4)14-7-5-6-8-14/h9-10,13-14H,5-8H2,1-4H3. The predicted octanol–water partition coefficient (Wildman–Crippen LogP) is 4.13. The molecule has 1 atom stereocenters. The summed E-state index contributed by atoms with van der Waals surface area (Å²) in [6.45, 7) is 5.70. The molecule has 0 bridgehead atoms. The molecule has 1 aliphatic rings. The fourth-order valence-electron chi connectivity index (χ4n) is 2.99. The van der Waals surface area contributed by atoms with E-state index in [0.29, 0.717) is 11.8 Å². The lowest BCUT2D eigenvalue weighted by atomic mass is 10.1. The number of ether oxygens (including phenoxy) is 1. The van der Waals surface area contributed by atoms with Gasteiger partial charge in [-0.25, -0.2) is 0 Å². The highest BCUT2D eigenvalue weighted by Gasteiger charge is 2.27. The van der Waals surface area contributed by atoms with Crippen LogP contribution in [-0.2, 0) is 4.79 Å². The number of benzene rings is 1. The minimum Gasteiger partial charge on any atom is -0.481 e. The average molecular weight is 310 g/mol. The summed E-state index contributed by atoms with van der Waals surface area (Å²) in [5, 5.41) is 0.754. The molecule has 1 unspecified atom stereocenters. The van der Waals surface area contributed by atoms with Crippen LogP contribution >= 0.6 is 11.6 Å². The number of amides is 1. The summed E-state index contributed by atoms with van der Waals surface area (Å²) in [6.07, 6.45) is 4.16. The zero-order valence-electron chi connectivity index (χ0n) is 13.3. The largest absolute Gasteiger partial charge is 0.481 e. The first-order valence-corrected chi connectivity index (χ1v) is 7.98. The number of carbonyl (C=O) groups is 1. The predicted molar refractivity (Wildman–Crippen MR) is 86.0 cm³/mol. The van der Waals surface area contributed by atoms with E-state index in [0.717, 1.165) is 29.0 Å². The van der Waals surface area contributed by atoms with E-state index < -0.39 is 6.10 Å². The van der Waals surface area contributed by atoms with Crippen LogP contribution in [0, 0.1) is 13.8 Å². The summed E-state index contributed by atoms with van der Waals surface area (Å²) >= 11 is 6.15. The third kappa shape index (κ3) is 3.70. The topological polar surface area (TPSA) is 29.5 Å². The Balaban J connectivity index is 2.03. The van der Waals surface area contributed by atoms with Gasteiger partial charge in [0, 0.05) is 18.1 Å². The van der Waals surface area contributed by atoms with Gasteiger partial charge >= 0.3 is 0 Å². The molecule has 4 heteroatoms. The van der Waals surface area contributed by atoms with Crippen LogP contribution in [0.3, 0.4) is 0 Å². The van der Waals surface area contributed by atoms with Gasteiger partial charge in [0.15, 0.2) is 6.10 Å². The molecule has 1 aromatic rings. The second-order valence-corrected chi connectivity index (χ2v) is 6.40. The Morgan fingerprint density at radius 2 is 1.81 bits per heavy atom. The van der Waals surface area contributed by atoms with E-state index >= 15 is 0 Å². The molecule has 1 aromatic carbocycles. The summed E-state index contributed by atoms with van der Waals surface area (Å²) in [6, 6.07) is 4.14. The van der Waals surface area contributed by atoms with Gasteiger partial charge in [0.2, 0.25) is 0 Å². The summed E-state index contributed by atoms with van der Waals surface area (Å²) in [5.74, 6) is 0.752. The molecule has 0 saturated heterocycles. The van der Waals surface area contributed by atoms with Gasteiger partial charge in [-0.3, -0.25) is 4.79 Å². The van der Waals surface area contributed by atoms with Crippen molar-refractivity contribution in [3.8, 4) is 5.75 Å². The zero-order valence-corrected chi connectivity index (χ0v) is 14.0. The number of likely N-dealkylation sites (N-methyl/N-ethyl adjacent to an activating group) is 1. The number of halogens is 1. The number of carbonyl (C=O) groups excluding carboxylic acids is 1. The Morgan fingerprint density at radius 1 is 1.29 bits per heavy atom. The molecule has 1 fully saturated rings. The Kier molecular flexibility index (Phi) is 5.15. The highest BCUT2D eigenvalue weighted by Crippen LogP contribution is 2.27. The van der Waals surface area contributed by atoms with E-state index in [2.05, 4.69) is 0 Å². The SMILES string of the molecule is Cc1cc(OC(C)C(=O)N(C)C2CCCC2)cc(C)c1Cl. The van der Waals surface area contributed by atoms with Gasteiger partial charge in [-0.1, -0.05) is 24.4 Å². The molecule has 1 aliphatic carbocycles. The average Bonchev–Trinajstić information content (AvgIpc) is 2.97. The Morgan fingerprint density at radius 3 is 2.33 bits per heavy atom. The maximum Gasteiger partial charge on any atom is 0.263 e. The number of rotatable bonds is 4. The van der Waals surface area contributed by atoms with E-state index in [4.69, 9.17) is 16.3 Å². The molecule has 3 nitrogen and oxygen atoms in total. The monoisotopic (exact) mass is 309 g/mol. The number of aryl methyl sites for hydroxylation is 2. The van der Waals surface area contributed by atoms with Gasteiger partial charge in [-0.05, 0) is 56.9 Å². The van der Waals surface area contributed by atoms with Crippen LogP contribution in [0.2, 0.25) is 5.02 Å². The molecule has 0 spiro atoms. The first-order chi connectivity index (χ1) is 9.90. The van der Waals surface area contributed by atoms with E-state index in [1.165, 1.54) is 12.8 Å². The molecule has 1 saturated carbocycles. The number of hydrogen-bond acceptors (Lipinski definition) is 2. The Labute approximate surface area is 132 Å². The third-order valence-corrected chi connectivity index (χ3v) is 4.89. The van der Waals surface area contributed by atoms with Crippen molar-refractivity contribution >= 4 is 17.5 Å². The molecule has 2 rings (SSSR count). The van der Waals surface area contributed by atoms with Crippen molar-refractivity contribution in [2.24, 2.45) is 0 Å². The van der Waals surface area contributed by atoms with Gasteiger partial charge < -0.3 is 9.64 Å². The number of hydrogen-bond donors (Lipinski definition) is 0. The van der Waals surface area contributed by atoms with Crippen LogP contribution in [0.15, 0.2) is 12.1 Å². The summed E-state index contributed by atoms with van der Waals surface area (Å²) in [4.78, 5) is 14.3. The molecule has 0 aliphatic heterocycles. The zero-order chi connectivity index (χ0) is 15.6. The van der Waals surface area contributed by atoms with E-state index in [1.807, 2.05) is 44.9 Å². The van der Waals surface area contributed by atoms with Crippen molar-refractivity contribution in [3.05, 3.63) is 28.3 Å². The van der Waals surface area contributed by atoms with E-state index in [1.54, 1.807) is 0 Å². The highest BCUT2D eigenvalue weighted by atomic mass is 35.5. The van der Waals surface area contributed by atoms with E-state index in [9.17, 15) is 4.79 Å². The summed E-state index contributed by atoms with van der Waals surface area (Å²) in [5.41, 5.74) is 1.94. The molecular formula is C17H24ClNO2. The van der Waals surface area contributed by atoms with Crippen LogP contribution in [0.4, 0.5) is 0 Å². The summed E-state index contributed by atoms with van der Waals surface area (Å²) < 4.78 is 5.82. The maximum atomic E-state index is 12.4. The molecule has 0 aromatic heterocycles. The quantitative estimate of drug-likeness (QED) is 0.837. The van der Waals surface area contributed by atoms with Gasteiger partial charge in [0.05, 0.1) is 0 Å². The van der Waals surface area contributed by atoms with Crippen LogP contribution in [0.5, 0.6) is 5.75 Å². The lowest BCUT2D eigenvalue weighted by molar-refractivity contribution is -0.138. The van der Waals surface area contributed by atoms with Crippen molar-refractivity contribution in [2.45, 2.75) is 58.6 Å². The fraction of sp³-hybridized carbons (Fsp3) is 0.588. The van der Waals surface area contributed by atoms with Crippen LogP contribution < -0.4 is 4.74 Å². The molecule has 0 heterocycles. The second-order valence-electron chi connectivity index (χ2n) is 6.02. The fourth-order valence-corrected chi connectivity index (χ4v) is 3.10. The third-order valence-electron chi connectivity index (χ3n) is 4.29. The van der Waals surface area contributed by atoms with Crippen molar-refractivity contribution < 1.29 is 9.53 Å². The molecule has 21 heavy (non-hydrogen) atoms. The van der Waals surface area contributed by atoms with Gasteiger partial charge in [0.1, 0.15) is 5.75 Å². The van der Waals surface area contributed by atoms with Crippen LogP contribution in [0.1, 0.15) is 43.7 Å². The van der Waals surface area contributed by atoms with Gasteiger partial charge in [-0.15, -0.1) is 0 Å². The van der Waals surface area contributed by atoms with Gasteiger partial charge in [0.25, 0.3) is 5.91 Å². The molecular weight excluding hydrogens is 286 g/mol. The minimum atomic E-state index is -0.476. The molecule has 0 N–H and O–H groups in total. The lowest BCUT2D eigenvalue weighted by Crippen LogP contribution is -2.42. The number of nitrogens with zero attached hydrogens (tertiary/aromatic N) is 1.